The summed E-state index contributed by atoms with van der Waals surface area (Å²) in [6, 6.07) is 1.57. The molecule has 1 heterocycles. The Balaban J connectivity index is 3.02. The number of halogens is 1. The molecule has 0 unspecified atom stereocenters. The lowest BCUT2D eigenvalue weighted by atomic mass is 10.2. The second-order valence-corrected chi connectivity index (χ2v) is 2.90. The minimum Gasteiger partial charge on any atom is -0.465 e. The van der Waals surface area contributed by atoms with E-state index in [1.54, 1.807) is 6.07 Å². The quantitative estimate of drug-likeness (QED) is 0.685. The van der Waals surface area contributed by atoms with Crippen LogP contribution in [0.2, 0.25) is 5.02 Å². The summed E-state index contributed by atoms with van der Waals surface area (Å²) in [5.74, 6) is -0.419. The standard InChI is InChI=1S/C9H10ClNO2/c1-3-8-7(10)4-6(5-11-8)9(12)13-2/h4-5H,3H2,1-2H3. The van der Waals surface area contributed by atoms with Crippen molar-refractivity contribution in [3.63, 3.8) is 0 Å². The molecule has 0 N–H and O–H groups in total. The second-order valence-electron chi connectivity index (χ2n) is 2.50. The number of hydrogen-bond donors (Lipinski definition) is 0. The lowest BCUT2D eigenvalue weighted by Crippen LogP contribution is -2.03. The molecule has 0 saturated carbocycles. The number of esters is 1. The maximum atomic E-state index is 11.0. The van der Waals surface area contributed by atoms with Gasteiger partial charge in [-0.05, 0) is 12.5 Å². The molecular formula is C9H10ClNO2. The van der Waals surface area contributed by atoms with Crippen LogP contribution in [-0.4, -0.2) is 18.1 Å². The number of pyridine rings is 1. The smallest absolute Gasteiger partial charge is 0.339 e. The summed E-state index contributed by atoms with van der Waals surface area (Å²) < 4.78 is 4.53. The third-order valence-electron chi connectivity index (χ3n) is 1.67. The first kappa shape index (κ1) is 9.99. The van der Waals surface area contributed by atoms with Crippen molar-refractivity contribution in [3.05, 3.63) is 28.5 Å². The predicted octanol–water partition coefficient (Wildman–Crippen LogP) is 2.08. The van der Waals surface area contributed by atoms with E-state index in [1.165, 1.54) is 13.3 Å². The van der Waals surface area contributed by atoms with Gasteiger partial charge in [0.2, 0.25) is 0 Å². The first-order chi connectivity index (χ1) is 6.19. The van der Waals surface area contributed by atoms with Gasteiger partial charge in [0.1, 0.15) is 0 Å². The van der Waals surface area contributed by atoms with Crippen molar-refractivity contribution in [2.24, 2.45) is 0 Å². The highest BCUT2D eigenvalue weighted by atomic mass is 35.5. The molecule has 1 aromatic heterocycles. The van der Waals surface area contributed by atoms with Gasteiger partial charge in [-0.3, -0.25) is 4.98 Å². The number of carbonyl (C=O) groups excluding carboxylic acids is 1. The van der Waals surface area contributed by atoms with Crippen molar-refractivity contribution in [1.29, 1.82) is 0 Å². The van der Waals surface area contributed by atoms with E-state index >= 15 is 0 Å². The van der Waals surface area contributed by atoms with Gasteiger partial charge in [-0.15, -0.1) is 0 Å². The first-order valence-electron chi connectivity index (χ1n) is 3.91. The molecule has 0 amide bonds. The maximum absolute atomic E-state index is 11.0. The molecule has 0 spiro atoms. The zero-order valence-electron chi connectivity index (χ0n) is 7.50. The highest BCUT2D eigenvalue weighted by Gasteiger charge is 2.08. The summed E-state index contributed by atoms with van der Waals surface area (Å²) in [5.41, 5.74) is 1.17. The number of aromatic nitrogens is 1. The molecule has 0 fully saturated rings. The molecule has 13 heavy (non-hydrogen) atoms. The van der Waals surface area contributed by atoms with E-state index in [9.17, 15) is 4.79 Å². The Morgan fingerprint density at radius 1 is 1.69 bits per heavy atom. The van der Waals surface area contributed by atoms with Crippen molar-refractivity contribution in [1.82, 2.24) is 4.98 Å². The lowest BCUT2D eigenvalue weighted by Gasteiger charge is -2.02. The van der Waals surface area contributed by atoms with E-state index in [2.05, 4.69) is 9.72 Å². The largest absolute Gasteiger partial charge is 0.465 e. The van der Waals surface area contributed by atoms with Gasteiger partial charge < -0.3 is 4.74 Å². The Morgan fingerprint density at radius 2 is 2.38 bits per heavy atom. The summed E-state index contributed by atoms with van der Waals surface area (Å²) in [4.78, 5) is 15.1. The van der Waals surface area contributed by atoms with Crippen LogP contribution in [0.15, 0.2) is 12.3 Å². The van der Waals surface area contributed by atoms with Crippen LogP contribution in [0.25, 0.3) is 0 Å². The van der Waals surface area contributed by atoms with Crippen LogP contribution in [-0.2, 0) is 11.2 Å². The molecule has 70 valence electrons. The summed E-state index contributed by atoms with van der Waals surface area (Å²) in [6.07, 6.45) is 2.22. The van der Waals surface area contributed by atoms with Gasteiger partial charge in [0.05, 0.1) is 23.4 Å². The van der Waals surface area contributed by atoms with Crippen LogP contribution in [0.5, 0.6) is 0 Å². The number of hydrogen-bond acceptors (Lipinski definition) is 3. The van der Waals surface area contributed by atoms with Gasteiger partial charge in [-0.1, -0.05) is 18.5 Å². The molecule has 0 saturated heterocycles. The van der Waals surface area contributed by atoms with Gasteiger partial charge in [0, 0.05) is 6.20 Å². The maximum Gasteiger partial charge on any atom is 0.339 e. The Hall–Kier alpha value is -1.09. The van der Waals surface area contributed by atoms with E-state index in [0.717, 1.165) is 12.1 Å². The molecule has 1 rings (SSSR count). The van der Waals surface area contributed by atoms with Gasteiger partial charge in [-0.25, -0.2) is 4.79 Å². The molecule has 0 radical (unpaired) electrons. The number of aryl methyl sites for hydroxylation is 1. The number of ether oxygens (including phenoxy) is 1. The van der Waals surface area contributed by atoms with Crippen molar-refractivity contribution in [2.75, 3.05) is 7.11 Å². The molecular weight excluding hydrogens is 190 g/mol. The molecule has 4 heteroatoms. The van der Waals surface area contributed by atoms with E-state index in [4.69, 9.17) is 11.6 Å². The SMILES string of the molecule is CCc1ncc(C(=O)OC)cc1Cl. The number of carbonyl (C=O) groups is 1. The third kappa shape index (κ3) is 2.18. The van der Waals surface area contributed by atoms with Crippen LogP contribution in [0.3, 0.4) is 0 Å². The average Bonchev–Trinajstić information content (AvgIpc) is 2.16. The molecule has 0 aliphatic rings. The Labute approximate surface area is 81.7 Å². The lowest BCUT2D eigenvalue weighted by molar-refractivity contribution is 0.0600. The van der Waals surface area contributed by atoms with Gasteiger partial charge in [0.25, 0.3) is 0 Å². The fourth-order valence-electron chi connectivity index (χ4n) is 0.956. The van der Waals surface area contributed by atoms with E-state index in [-0.39, 0.29) is 0 Å². The van der Waals surface area contributed by atoms with E-state index < -0.39 is 5.97 Å². The van der Waals surface area contributed by atoms with E-state index in [0.29, 0.717) is 10.6 Å². The van der Waals surface area contributed by atoms with Crippen LogP contribution in [0.1, 0.15) is 23.0 Å². The minimum atomic E-state index is -0.419. The van der Waals surface area contributed by atoms with Crippen LogP contribution < -0.4 is 0 Å². The first-order valence-corrected chi connectivity index (χ1v) is 4.29. The summed E-state index contributed by atoms with van der Waals surface area (Å²) in [5, 5.41) is 0.505. The molecule has 0 aromatic carbocycles. The zero-order chi connectivity index (χ0) is 9.84. The van der Waals surface area contributed by atoms with Crippen LogP contribution in [0.4, 0.5) is 0 Å². The topological polar surface area (TPSA) is 39.2 Å². The fraction of sp³-hybridized carbons (Fsp3) is 0.333. The highest BCUT2D eigenvalue weighted by molar-refractivity contribution is 6.31. The number of rotatable bonds is 2. The molecule has 0 atom stereocenters. The summed E-state index contributed by atoms with van der Waals surface area (Å²) in [7, 11) is 1.32. The summed E-state index contributed by atoms with van der Waals surface area (Å²) in [6.45, 7) is 1.95. The van der Waals surface area contributed by atoms with Gasteiger partial charge in [0.15, 0.2) is 0 Å². The molecule has 3 nitrogen and oxygen atoms in total. The molecule has 1 aromatic rings. The normalized spacial score (nSPS) is 9.77. The van der Waals surface area contributed by atoms with Gasteiger partial charge >= 0.3 is 5.97 Å². The monoisotopic (exact) mass is 199 g/mol. The van der Waals surface area contributed by atoms with E-state index in [1.807, 2.05) is 6.92 Å². The molecule has 0 bridgehead atoms. The number of nitrogens with zero attached hydrogens (tertiary/aromatic N) is 1. The van der Waals surface area contributed by atoms with Crippen molar-refractivity contribution in [2.45, 2.75) is 13.3 Å². The Morgan fingerprint density at radius 3 is 2.85 bits per heavy atom. The average molecular weight is 200 g/mol. The molecule has 0 aliphatic carbocycles. The molecule has 0 aliphatic heterocycles. The predicted molar refractivity (Wildman–Crippen MR) is 50.0 cm³/mol. The minimum absolute atomic E-state index is 0.379. The second kappa shape index (κ2) is 4.23. The van der Waals surface area contributed by atoms with Crippen molar-refractivity contribution < 1.29 is 9.53 Å². The Bertz CT molecular complexity index is 325. The third-order valence-corrected chi connectivity index (χ3v) is 2.00. The zero-order valence-corrected chi connectivity index (χ0v) is 8.26. The van der Waals surface area contributed by atoms with Crippen LogP contribution in [0, 0.1) is 0 Å². The van der Waals surface area contributed by atoms with Crippen molar-refractivity contribution in [3.8, 4) is 0 Å². The van der Waals surface area contributed by atoms with Crippen LogP contribution >= 0.6 is 11.6 Å². The van der Waals surface area contributed by atoms with Crippen molar-refractivity contribution >= 4 is 17.6 Å². The highest BCUT2D eigenvalue weighted by Crippen LogP contribution is 2.15. The summed E-state index contributed by atoms with van der Waals surface area (Å²) >= 11 is 5.86. The fourth-order valence-corrected chi connectivity index (χ4v) is 1.26. The number of methoxy groups -OCH3 is 1. The van der Waals surface area contributed by atoms with Gasteiger partial charge in [-0.2, -0.15) is 0 Å². The Kier molecular flexibility index (Phi) is 3.25.